The number of rotatable bonds is 7. The molecule has 8 nitrogen and oxygen atoms in total. The lowest BCUT2D eigenvalue weighted by atomic mass is 10.3. The van der Waals surface area contributed by atoms with Crippen LogP contribution in [0.15, 0.2) is 29.2 Å². The van der Waals surface area contributed by atoms with Crippen LogP contribution in [0, 0.1) is 10.1 Å². The number of benzene rings is 1. The first-order chi connectivity index (χ1) is 10.5. The number of non-ortho nitro benzene ring substituents is 1. The summed E-state index contributed by atoms with van der Waals surface area (Å²) in [6, 6.07) is 5.06. The monoisotopic (exact) mass is 328 g/mol. The number of nitrogens with zero attached hydrogens (tertiary/aromatic N) is 2. The van der Waals surface area contributed by atoms with Gasteiger partial charge < -0.3 is 10.2 Å². The predicted octanol–water partition coefficient (Wildman–Crippen LogP) is 0.168. The number of piperazine rings is 1. The zero-order valence-corrected chi connectivity index (χ0v) is 13.0. The van der Waals surface area contributed by atoms with Gasteiger partial charge in [0.05, 0.1) is 9.82 Å². The Bertz CT molecular complexity index is 614. The minimum atomic E-state index is -3.70. The van der Waals surface area contributed by atoms with E-state index in [1.54, 1.807) is 0 Å². The third-order valence-corrected chi connectivity index (χ3v) is 4.95. The van der Waals surface area contributed by atoms with Gasteiger partial charge in [0.2, 0.25) is 10.0 Å². The van der Waals surface area contributed by atoms with E-state index in [1.165, 1.54) is 18.2 Å². The summed E-state index contributed by atoms with van der Waals surface area (Å²) in [6.45, 7) is 5.00. The Morgan fingerprint density at radius 2 is 2.05 bits per heavy atom. The molecule has 0 spiro atoms. The zero-order valence-electron chi connectivity index (χ0n) is 12.2. The first-order valence-corrected chi connectivity index (χ1v) is 8.64. The molecule has 1 aromatic rings. The lowest BCUT2D eigenvalue weighted by Gasteiger charge is -2.27. The Balaban J connectivity index is 1.85. The number of nitro groups is 1. The smallest absolute Gasteiger partial charge is 0.270 e. The van der Waals surface area contributed by atoms with Crippen LogP contribution in [0.2, 0.25) is 0 Å². The molecule has 2 rings (SSSR count). The van der Waals surface area contributed by atoms with Crippen molar-refractivity contribution in [3.8, 4) is 0 Å². The minimum Gasteiger partial charge on any atom is -0.314 e. The summed E-state index contributed by atoms with van der Waals surface area (Å²) in [5, 5.41) is 14.0. The summed E-state index contributed by atoms with van der Waals surface area (Å²) in [5.74, 6) is 0. The van der Waals surface area contributed by atoms with Crippen LogP contribution in [-0.2, 0) is 10.0 Å². The summed E-state index contributed by atoms with van der Waals surface area (Å²) < 4.78 is 26.7. The Morgan fingerprint density at radius 3 is 2.73 bits per heavy atom. The molecule has 1 aliphatic rings. The summed E-state index contributed by atoms with van der Waals surface area (Å²) in [4.78, 5) is 12.3. The zero-order chi connectivity index (χ0) is 16.0. The lowest BCUT2D eigenvalue weighted by Crippen LogP contribution is -2.44. The minimum absolute atomic E-state index is 0.0797. The highest BCUT2D eigenvalue weighted by Crippen LogP contribution is 2.16. The van der Waals surface area contributed by atoms with Gasteiger partial charge in [-0.15, -0.1) is 0 Å². The maximum absolute atomic E-state index is 12.1. The second-order valence-corrected chi connectivity index (χ2v) is 6.86. The van der Waals surface area contributed by atoms with Gasteiger partial charge in [-0.25, -0.2) is 13.1 Å². The topological polar surface area (TPSA) is 105 Å². The Labute approximate surface area is 129 Å². The molecular formula is C13H20N4O4S. The highest BCUT2D eigenvalue weighted by Gasteiger charge is 2.17. The molecule has 9 heteroatoms. The van der Waals surface area contributed by atoms with E-state index in [4.69, 9.17) is 0 Å². The van der Waals surface area contributed by atoms with Crippen molar-refractivity contribution in [3.05, 3.63) is 34.4 Å². The van der Waals surface area contributed by atoms with Crippen molar-refractivity contribution < 1.29 is 13.3 Å². The van der Waals surface area contributed by atoms with E-state index in [2.05, 4.69) is 14.9 Å². The highest BCUT2D eigenvalue weighted by molar-refractivity contribution is 7.89. The van der Waals surface area contributed by atoms with Gasteiger partial charge in [0, 0.05) is 44.9 Å². The van der Waals surface area contributed by atoms with Crippen LogP contribution in [0.1, 0.15) is 6.42 Å². The van der Waals surface area contributed by atoms with Crippen molar-refractivity contribution in [3.63, 3.8) is 0 Å². The van der Waals surface area contributed by atoms with E-state index in [0.29, 0.717) is 13.0 Å². The van der Waals surface area contributed by atoms with Crippen LogP contribution in [-0.4, -0.2) is 57.5 Å². The number of nitro benzene ring substituents is 1. The van der Waals surface area contributed by atoms with E-state index >= 15 is 0 Å². The number of hydrogen-bond donors (Lipinski definition) is 2. The van der Waals surface area contributed by atoms with Gasteiger partial charge in [0.15, 0.2) is 0 Å². The van der Waals surface area contributed by atoms with E-state index < -0.39 is 14.9 Å². The van der Waals surface area contributed by atoms with Crippen molar-refractivity contribution in [1.82, 2.24) is 14.9 Å². The molecule has 0 atom stereocenters. The van der Waals surface area contributed by atoms with Crippen LogP contribution in [0.3, 0.4) is 0 Å². The lowest BCUT2D eigenvalue weighted by molar-refractivity contribution is -0.385. The largest absolute Gasteiger partial charge is 0.314 e. The SMILES string of the molecule is O=[N+]([O-])c1cccc(S(=O)(=O)NCCCN2CCNCC2)c1. The highest BCUT2D eigenvalue weighted by atomic mass is 32.2. The van der Waals surface area contributed by atoms with Crippen LogP contribution in [0.5, 0.6) is 0 Å². The molecule has 0 saturated carbocycles. The van der Waals surface area contributed by atoms with Crippen LogP contribution >= 0.6 is 0 Å². The molecule has 1 aliphatic heterocycles. The first-order valence-electron chi connectivity index (χ1n) is 7.16. The molecule has 22 heavy (non-hydrogen) atoms. The second kappa shape index (κ2) is 7.63. The summed E-state index contributed by atoms with van der Waals surface area (Å²) in [7, 11) is -3.70. The van der Waals surface area contributed by atoms with Crippen molar-refractivity contribution in [1.29, 1.82) is 0 Å². The first kappa shape index (κ1) is 16.8. The van der Waals surface area contributed by atoms with Gasteiger partial charge in [0.1, 0.15) is 0 Å². The van der Waals surface area contributed by atoms with Gasteiger partial charge in [0.25, 0.3) is 5.69 Å². The maximum atomic E-state index is 12.1. The molecule has 1 saturated heterocycles. The average Bonchev–Trinajstić information content (AvgIpc) is 2.53. The van der Waals surface area contributed by atoms with E-state index in [0.717, 1.165) is 38.8 Å². The van der Waals surface area contributed by atoms with Gasteiger partial charge in [-0.3, -0.25) is 10.1 Å². The fraction of sp³-hybridized carbons (Fsp3) is 0.538. The predicted molar refractivity (Wildman–Crippen MR) is 82.2 cm³/mol. The molecule has 122 valence electrons. The summed E-state index contributed by atoms with van der Waals surface area (Å²) in [6.07, 6.45) is 0.703. The third kappa shape index (κ3) is 4.73. The van der Waals surface area contributed by atoms with Crippen molar-refractivity contribution in [2.45, 2.75) is 11.3 Å². The summed E-state index contributed by atoms with van der Waals surface area (Å²) in [5.41, 5.74) is -0.233. The van der Waals surface area contributed by atoms with Crippen molar-refractivity contribution >= 4 is 15.7 Å². The fourth-order valence-corrected chi connectivity index (χ4v) is 3.40. The second-order valence-electron chi connectivity index (χ2n) is 5.10. The van der Waals surface area contributed by atoms with Crippen molar-refractivity contribution in [2.75, 3.05) is 39.3 Å². The molecule has 0 amide bonds. The molecule has 2 N–H and O–H groups in total. The van der Waals surface area contributed by atoms with Gasteiger partial charge in [-0.1, -0.05) is 6.07 Å². The van der Waals surface area contributed by atoms with Crippen molar-refractivity contribution in [2.24, 2.45) is 0 Å². The Hall–Kier alpha value is -1.55. The van der Waals surface area contributed by atoms with Gasteiger partial charge >= 0.3 is 0 Å². The normalized spacial score (nSPS) is 16.5. The molecule has 0 unspecified atom stereocenters. The van der Waals surface area contributed by atoms with Gasteiger partial charge in [-0.05, 0) is 19.0 Å². The summed E-state index contributed by atoms with van der Waals surface area (Å²) >= 11 is 0. The van der Waals surface area contributed by atoms with Crippen LogP contribution in [0.25, 0.3) is 0 Å². The molecule has 0 aromatic heterocycles. The van der Waals surface area contributed by atoms with Crippen LogP contribution < -0.4 is 10.0 Å². The van der Waals surface area contributed by atoms with E-state index in [-0.39, 0.29) is 10.6 Å². The Kier molecular flexibility index (Phi) is 5.83. The molecule has 1 fully saturated rings. The maximum Gasteiger partial charge on any atom is 0.270 e. The quantitative estimate of drug-likeness (QED) is 0.420. The molecule has 0 aliphatic carbocycles. The molecule has 1 heterocycles. The third-order valence-electron chi connectivity index (χ3n) is 3.49. The Morgan fingerprint density at radius 1 is 1.32 bits per heavy atom. The van der Waals surface area contributed by atoms with Crippen LogP contribution in [0.4, 0.5) is 5.69 Å². The number of sulfonamides is 1. The molecule has 1 aromatic carbocycles. The molecule has 0 radical (unpaired) electrons. The molecular weight excluding hydrogens is 308 g/mol. The number of nitrogens with one attached hydrogen (secondary N) is 2. The molecule has 0 bridgehead atoms. The van der Waals surface area contributed by atoms with E-state index in [9.17, 15) is 18.5 Å². The average molecular weight is 328 g/mol. The van der Waals surface area contributed by atoms with Gasteiger partial charge in [-0.2, -0.15) is 0 Å². The number of hydrogen-bond acceptors (Lipinski definition) is 6. The fourth-order valence-electron chi connectivity index (χ4n) is 2.29. The standard InChI is InChI=1S/C13H20N4O4S/c18-17(19)12-3-1-4-13(11-12)22(20,21)15-5-2-8-16-9-6-14-7-10-16/h1,3-4,11,14-15H,2,5-10H2. The van der Waals surface area contributed by atoms with E-state index in [1.807, 2.05) is 0 Å².